The van der Waals surface area contributed by atoms with Crippen LogP contribution in [0.5, 0.6) is 0 Å². The Hall–Kier alpha value is -1.14. The number of piperidine rings is 1. The number of ether oxygens (including phenoxy) is 1. The zero-order valence-corrected chi connectivity index (χ0v) is 13.3. The summed E-state index contributed by atoms with van der Waals surface area (Å²) in [5, 5.41) is 0.132. The van der Waals surface area contributed by atoms with E-state index in [-0.39, 0.29) is 16.6 Å². The van der Waals surface area contributed by atoms with Crippen LogP contribution in [0.15, 0.2) is 16.7 Å². The molecule has 5 nitrogen and oxygen atoms in total. The highest BCUT2D eigenvalue weighted by Crippen LogP contribution is 2.24. The molecule has 108 valence electrons. The first-order valence-corrected chi connectivity index (χ1v) is 7.41. The number of methoxy groups -OCH3 is 1. The number of likely N-dealkylation sites (tertiary alicyclic amines) is 1. The van der Waals surface area contributed by atoms with E-state index in [4.69, 9.17) is 16.3 Å². The third-order valence-corrected chi connectivity index (χ3v) is 4.01. The number of rotatable bonds is 2. The number of esters is 1. The van der Waals surface area contributed by atoms with Crippen molar-refractivity contribution in [2.24, 2.45) is 0 Å². The first-order valence-electron chi connectivity index (χ1n) is 6.24. The maximum atomic E-state index is 12.6. The number of halogens is 2. The number of aromatic nitrogens is 1. The molecule has 0 aromatic carbocycles. The van der Waals surface area contributed by atoms with Gasteiger partial charge in [0.2, 0.25) is 0 Å². The zero-order chi connectivity index (χ0) is 14.7. The fourth-order valence-corrected chi connectivity index (χ4v) is 2.80. The number of hydrogen-bond acceptors (Lipinski definition) is 4. The quantitative estimate of drug-likeness (QED) is 0.600. The fourth-order valence-electron chi connectivity index (χ4n) is 2.28. The minimum absolute atomic E-state index is 0.132. The first-order chi connectivity index (χ1) is 9.54. The van der Waals surface area contributed by atoms with Gasteiger partial charge in [-0.05, 0) is 41.3 Å². The number of carbonyl (C=O) groups is 2. The van der Waals surface area contributed by atoms with Gasteiger partial charge in [0.25, 0.3) is 5.91 Å². The van der Waals surface area contributed by atoms with Gasteiger partial charge in [-0.25, -0.2) is 9.78 Å². The lowest BCUT2D eigenvalue weighted by Crippen LogP contribution is -2.48. The van der Waals surface area contributed by atoms with Crippen molar-refractivity contribution >= 4 is 39.4 Å². The van der Waals surface area contributed by atoms with E-state index in [0.29, 0.717) is 17.4 Å². The largest absolute Gasteiger partial charge is 0.467 e. The van der Waals surface area contributed by atoms with Crippen LogP contribution in [0.25, 0.3) is 0 Å². The van der Waals surface area contributed by atoms with Crippen LogP contribution in [-0.2, 0) is 9.53 Å². The molecular weight excluding hydrogens is 348 g/mol. The highest BCUT2D eigenvalue weighted by molar-refractivity contribution is 9.10. The Morgan fingerprint density at radius 3 is 2.95 bits per heavy atom. The van der Waals surface area contributed by atoms with Crippen molar-refractivity contribution in [3.63, 3.8) is 0 Å². The summed E-state index contributed by atoms with van der Waals surface area (Å²) in [6.45, 7) is 0.515. The molecule has 0 N–H and O–H groups in total. The molecule has 7 heteroatoms. The number of pyridine rings is 1. The SMILES string of the molecule is COC(=O)C1CCCCN1C(=O)c1cc(Br)cnc1Cl. The van der Waals surface area contributed by atoms with Gasteiger partial charge in [0.1, 0.15) is 11.2 Å². The summed E-state index contributed by atoms with van der Waals surface area (Å²) in [5.41, 5.74) is 0.289. The number of nitrogens with zero attached hydrogens (tertiary/aromatic N) is 2. The van der Waals surface area contributed by atoms with Gasteiger partial charge >= 0.3 is 5.97 Å². The van der Waals surface area contributed by atoms with Crippen LogP contribution < -0.4 is 0 Å². The average molecular weight is 362 g/mol. The lowest BCUT2D eigenvalue weighted by Gasteiger charge is -2.33. The van der Waals surface area contributed by atoms with E-state index in [1.807, 2.05) is 0 Å². The molecular formula is C13H14BrClN2O3. The standard InChI is InChI=1S/C13H14BrClN2O3/c1-20-13(19)10-4-2-3-5-17(10)12(18)9-6-8(14)7-16-11(9)15/h6-7,10H,2-5H2,1H3. The van der Waals surface area contributed by atoms with E-state index >= 15 is 0 Å². The second kappa shape index (κ2) is 6.54. The smallest absolute Gasteiger partial charge is 0.328 e. The predicted octanol–water partition coefficient (Wildman–Crippen LogP) is 2.67. The molecule has 1 aromatic rings. The molecule has 2 rings (SSSR count). The van der Waals surface area contributed by atoms with Crippen LogP contribution in [0.4, 0.5) is 0 Å². The third kappa shape index (κ3) is 3.12. The highest BCUT2D eigenvalue weighted by Gasteiger charge is 2.34. The molecule has 1 aliphatic rings. The van der Waals surface area contributed by atoms with Gasteiger partial charge in [0.05, 0.1) is 12.7 Å². The van der Waals surface area contributed by atoms with Gasteiger partial charge in [-0.3, -0.25) is 4.79 Å². The van der Waals surface area contributed by atoms with Gasteiger partial charge < -0.3 is 9.64 Å². The Bertz CT molecular complexity index is 538. The van der Waals surface area contributed by atoms with E-state index in [2.05, 4.69) is 20.9 Å². The maximum absolute atomic E-state index is 12.6. The van der Waals surface area contributed by atoms with Crippen LogP contribution in [-0.4, -0.2) is 41.5 Å². The van der Waals surface area contributed by atoms with E-state index in [1.54, 1.807) is 6.07 Å². The molecule has 1 aliphatic heterocycles. The van der Waals surface area contributed by atoms with Crippen molar-refractivity contribution < 1.29 is 14.3 Å². The van der Waals surface area contributed by atoms with Crippen molar-refractivity contribution in [3.8, 4) is 0 Å². The molecule has 20 heavy (non-hydrogen) atoms. The summed E-state index contributed by atoms with van der Waals surface area (Å²) in [4.78, 5) is 29.8. The van der Waals surface area contributed by atoms with Gasteiger partial charge in [-0.15, -0.1) is 0 Å². The lowest BCUT2D eigenvalue weighted by molar-refractivity contribution is -0.147. The number of carbonyl (C=O) groups excluding carboxylic acids is 2. The molecule has 1 fully saturated rings. The van der Waals surface area contributed by atoms with Crippen LogP contribution in [0.1, 0.15) is 29.6 Å². The van der Waals surface area contributed by atoms with Gasteiger partial charge in [-0.1, -0.05) is 11.6 Å². The Kier molecular flexibility index (Phi) is 4.99. The minimum Gasteiger partial charge on any atom is -0.467 e. The van der Waals surface area contributed by atoms with Crippen molar-refractivity contribution in [2.75, 3.05) is 13.7 Å². The Balaban J connectivity index is 2.30. The predicted molar refractivity (Wildman–Crippen MR) is 77.6 cm³/mol. The lowest BCUT2D eigenvalue weighted by atomic mass is 10.0. The van der Waals surface area contributed by atoms with Crippen LogP contribution in [0, 0.1) is 0 Å². The summed E-state index contributed by atoms with van der Waals surface area (Å²) >= 11 is 9.24. The summed E-state index contributed by atoms with van der Waals surface area (Å²) in [5.74, 6) is -0.684. The van der Waals surface area contributed by atoms with Crippen LogP contribution >= 0.6 is 27.5 Å². The van der Waals surface area contributed by atoms with Crippen LogP contribution in [0.3, 0.4) is 0 Å². The van der Waals surface area contributed by atoms with Gasteiger partial charge in [0, 0.05) is 17.2 Å². The number of amides is 1. The first kappa shape index (κ1) is 15.3. The van der Waals surface area contributed by atoms with Gasteiger partial charge in [0.15, 0.2) is 0 Å². The van der Waals surface area contributed by atoms with Crippen LogP contribution in [0.2, 0.25) is 5.15 Å². The fraction of sp³-hybridized carbons (Fsp3) is 0.462. The maximum Gasteiger partial charge on any atom is 0.328 e. The molecule has 1 unspecified atom stereocenters. The van der Waals surface area contributed by atoms with Crippen molar-refractivity contribution in [3.05, 3.63) is 27.5 Å². The molecule has 1 atom stereocenters. The van der Waals surface area contributed by atoms with Crippen molar-refractivity contribution in [1.82, 2.24) is 9.88 Å². The number of hydrogen-bond donors (Lipinski definition) is 0. The summed E-state index contributed by atoms with van der Waals surface area (Å²) in [7, 11) is 1.33. The second-order valence-corrected chi connectivity index (χ2v) is 5.80. The molecule has 0 bridgehead atoms. The molecule has 0 saturated carbocycles. The average Bonchev–Trinajstić information content (AvgIpc) is 2.48. The Morgan fingerprint density at radius 1 is 1.50 bits per heavy atom. The highest BCUT2D eigenvalue weighted by atomic mass is 79.9. The molecule has 1 saturated heterocycles. The van der Waals surface area contributed by atoms with Crippen molar-refractivity contribution in [2.45, 2.75) is 25.3 Å². The van der Waals surface area contributed by atoms with E-state index < -0.39 is 12.0 Å². The molecule has 1 aromatic heterocycles. The molecule has 0 aliphatic carbocycles. The van der Waals surface area contributed by atoms with Crippen molar-refractivity contribution in [1.29, 1.82) is 0 Å². The molecule has 1 amide bonds. The normalized spacial score (nSPS) is 18.8. The second-order valence-electron chi connectivity index (χ2n) is 4.53. The van der Waals surface area contributed by atoms with E-state index in [1.165, 1.54) is 18.2 Å². The van der Waals surface area contributed by atoms with Gasteiger partial charge in [-0.2, -0.15) is 0 Å². The summed E-state index contributed by atoms with van der Waals surface area (Å²) < 4.78 is 5.43. The minimum atomic E-state index is -0.545. The van der Waals surface area contributed by atoms with E-state index in [0.717, 1.165) is 12.8 Å². The Labute approximate surface area is 130 Å². The summed E-state index contributed by atoms with van der Waals surface area (Å²) in [6, 6.07) is 1.07. The third-order valence-electron chi connectivity index (χ3n) is 3.27. The Morgan fingerprint density at radius 2 is 2.25 bits per heavy atom. The molecule has 0 radical (unpaired) electrons. The topological polar surface area (TPSA) is 59.5 Å². The molecule has 2 heterocycles. The zero-order valence-electron chi connectivity index (χ0n) is 10.9. The monoisotopic (exact) mass is 360 g/mol. The summed E-state index contributed by atoms with van der Waals surface area (Å²) in [6.07, 6.45) is 3.89. The van der Waals surface area contributed by atoms with E-state index in [9.17, 15) is 9.59 Å². The molecule has 0 spiro atoms.